The summed E-state index contributed by atoms with van der Waals surface area (Å²) < 4.78 is 17.2. The van der Waals surface area contributed by atoms with Crippen LogP contribution in [0.5, 0.6) is 0 Å². The summed E-state index contributed by atoms with van der Waals surface area (Å²) in [5, 5.41) is 4.05. The van der Waals surface area contributed by atoms with E-state index in [1.54, 1.807) is 6.07 Å². The molecule has 0 fully saturated rings. The molecule has 96 valence electrons. The highest BCUT2D eigenvalue weighted by molar-refractivity contribution is 7.05. The molecule has 1 atom stereocenters. The van der Waals surface area contributed by atoms with Crippen LogP contribution in [0.2, 0.25) is 5.02 Å². The average Bonchev–Trinajstić information content (AvgIpc) is 2.77. The number of aromatic nitrogens is 2. The molecule has 1 unspecified atom stereocenters. The quantitative estimate of drug-likeness (QED) is 0.669. The van der Waals surface area contributed by atoms with Gasteiger partial charge in [0.05, 0.1) is 21.6 Å². The Kier molecular flexibility index (Phi) is 4.23. The number of hydrazine groups is 1. The Morgan fingerprint density at radius 1 is 1.56 bits per heavy atom. The van der Waals surface area contributed by atoms with Gasteiger partial charge >= 0.3 is 0 Å². The van der Waals surface area contributed by atoms with Crippen LogP contribution in [0.25, 0.3) is 0 Å². The van der Waals surface area contributed by atoms with Crippen molar-refractivity contribution in [1.82, 2.24) is 15.0 Å². The molecule has 0 spiro atoms. The Morgan fingerprint density at radius 3 is 2.89 bits per heavy atom. The molecular formula is C11H12ClFN4S. The zero-order chi connectivity index (χ0) is 13.1. The number of hydrogen-bond donors (Lipinski definition) is 2. The molecule has 0 radical (unpaired) electrons. The van der Waals surface area contributed by atoms with Gasteiger partial charge in [-0.25, -0.2) is 4.39 Å². The van der Waals surface area contributed by atoms with Crippen molar-refractivity contribution in [2.24, 2.45) is 5.84 Å². The fourth-order valence-electron chi connectivity index (χ4n) is 1.69. The lowest BCUT2D eigenvalue weighted by atomic mass is 10.0. The number of rotatable bonds is 4. The summed E-state index contributed by atoms with van der Waals surface area (Å²) in [7, 11) is 0. The van der Waals surface area contributed by atoms with E-state index >= 15 is 0 Å². The summed E-state index contributed by atoms with van der Waals surface area (Å²) in [5.74, 6) is 5.10. The van der Waals surface area contributed by atoms with Crippen molar-refractivity contribution in [3.8, 4) is 0 Å². The van der Waals surface area contributed by atoms with Crippen LogP contribution < -0.4 is 11.3 Å². The molecule has 4 nitrogen and oxygen atoms in total. The number of benzene rings is 1. The molecule has 2 aromatic rings. The normalized spacial score (nSPS) is 12.7. The molecule has 18 heavy (non-hydrogen) atoms. The zero-order valence-electron chi connectivity index (χ0n) is 9.65. The van der Waals surface area contributed by atoms with Gasteiger partial charge in [0.1, 0.15) is 5.82 Å². The average molecular weight is 287 g/mol. The van der Waals surface area contributed by atoms with Crippen molar-refractivity contribution < 1.29 is 4.39 Å². The van der Waals surface area contributed by atoms with E-state index in [0.29, 0.717) is 6.42 Å². The van der Waals surface area contributed by atoms with E-state index < -0.39 is 5.82 Å². The predicted octanol–water partition coefficient (Wildman–Crippen LogP) is 2.39. The van der Waals surface area contributed by atoms with E-state index in [9.17, 15) is 4.39 Å². The van der Waals surface area contributed by atoms with Gasteiger partial charge in [0.25, 0.3) is 0 Å². The van der Waals surface area contributed by atoms with Crippen molar-refractivity contribution in [3.05, 3.63) is 45.2 Å². The van der Waals surface area contributed by atoms with Gasteiger partial charge in [-0.3, -0.25) is 11.3 Å². The van der Waals surface area contributed by atoms with E-state index in [1.807, 2.05) is 6.92 Å². The van der Waals surface area contributed by atoms with Crippen LogP contribution in [0.1, 0.15) is 22.2 Å². The first-order valence-electron chi connectivity index (χ1n) is 5.30. The molecule has 0 aliphatic carbocycles. The second-order valence-corrected chi connectivity index (χ2v) is 5.09. The number of nitrogens with one attached hydrogen (secondary N) is 1. The number of aryl methyl sites for hydroxylation is 1. The molecule has 0 saturated carbocycles. The second kappa shape index (κ2) is 5.71. The second-order valence-electron chi connectivity index (χ2n) is 3.89. The third-order valence-electron chi connectivity index (χ3n) is 2.63. The first-order valence-corrected chi connectivity index (χ1v) is 6.46. The molecule has 2 rings (SSSR count). The van der Waals surface area contributed by atoms with Crippen LogP contribution in [-0.4, -0.2) is 9.59 Å². The van der Waals surface area contributed by atoms with Crippen LogP contribution in [-0.2, 0) is 6.42 Å². The zero-order valence-corrected chi connectivity index (χ0v) is 11.2. The third-order valence-corrected chi connectivity index (χ3v) is 3.87. The Hall–Kier alpha value is -1.08. The number of nitrogens with zero attached hydrogens (tertiary/aromatic N) is 2. The van der Waals surface area contributed by atoms with Crippen molar-refractivity contribution in [1.29, 1.82) is 0 Å². The predicted molar refractivity (Wildman–Crippen MR) is 69.8 cm³/mol. The van der Waals surface area contributed by atoms with Gasteiger partial charge < -0.3 is 0 Å². The minimum atomic E-state index is -0.427. The Balaban J connectivity index is 2.20. The molecule has 0 bridgehead atoms. The van der Waals surface area contributed by atoms with E-state index in [0.717, 1.165) is 16.1 Å². The van der Waals surface area contributed by atoms with Gasteiger partial charge in [-0.15, -0.1) is 5.10 Å². The maximum atomic E-state index is 13.3. The van der Waals surface area contributed by atoms with Crippen molar-refractivity contribution >= 4 is 23.1 Å². The Morgan fingerprint density at radius 2 is 2.33 bits per heavy atom. The maximum Gasteiger partial charge on any atom is 0.142 e. The van der Waals surface area contributed by atoms with Gasteiger partial charge in [-0.1, -0.05) is 22.2 Å². The lowest BCUT2D eigenvalue weighted by Gasteiger charge is -2.14. The van der Waals surface area contributed by atoms with Gasteiger partial charge in [0.15, 0.2) is 0 Å². The number of halogens is 2. The summed E-state index contributed by atoms with van der Waals surface area (Å²) >= 11 is 6.93. The van der Waals surface area contributed by atoms with Crippen molar-refractivity contribution in [2.45, 2.75) is 19.4 Å². The molecule has 1 aromatic carbocycles. The molecule has 1 heterocycles. The van der Waals surface area contributed by atoms with Crippen molar-refractivity contribution in [3.63, 3.8) is 0 Å². The summed E-state index contributed by atoms with van der Waals surface area (Å²) in [4.78, 5) is 0.952. The standard InChI is InChI=1S/C11H12ClFN4S/c1-6-11(18-17-16-6)10(15-14)5-7-2-3-8(12)9(13)4-7/h2-4,10,15H,5,14H2,1H3. The minimum Gasteiger partial charge on any atom is -0.271 e. The van der Waals surface area contributed by atoms with E-state index in [1.165, 1.54) is 23.7 Å². The van der Waals surface area contributed by atoms with Gasteiger partial charge in [0.2, 0.25) is 0 Å². The summed E-state index contributed by atoms with van der Waals surface area (Å²) in [6, 6.07) is 4.60. The maximum absolute atomic E-state index is 13.3. The smallest absolute Gasteiger partial charge is 0.142 e. The Bertz CT molecular complexity index is 546. The largest absolute Gasteiger partial charge is 0.271 e. The monoisotopic (exact) mass is 286 g/mol. The summed E-state index contributed by atoms with van der Waals surface area (Å²) in [6.45, 7) is 1.87. The summed E-state index contributed by atoms with van der Waals surface area (Å²) in [5.41, 5.74) is 4.35. The molecule has 0 aliphatic rings. The van der Waals surface area contributed by atoms with Crippen LogP contribution in [0, 0.1) is 12.7 Å². The first kappa shape index (κ1) is 13.4. The first-order chi connectivity index (χ1) is 8.61. The number of nitrogens with two attached hydrogens (primary N) is 1. The van der Waals surface area contributed by atoms with Crippen LogP contribution in [0.15, 0.2) is 18.2 Å². The van der Waals surface area contributed by atoms with E-state index in [-0.39, 0.29) is 11.1 Å². The van der Waals surface area contributed by atoms with Gasteiger partial charge in [-0.05, 0) is 42.6 Å². The minimum absolute atomic E-state index is 0.117. The highest BCUT2D eigenvalue weighted by Gasteiger charge is 2.17. The van der Waals surface area contributed by atoms with Crippen molar-refractivity contribution in [2.75, 3.05) is 0 Å². The number of hydrogen-bond acceptors (Lipinski definition) is 5. The van der Waals surface area contributed by atoms with Crippen LogP contribution >= 0.6 is 23.1 Å². The van der Waals surface area contributed by atoms with Gasteiger partial charge in [0, 0.05) is 0 Å². The summed E-state index contributed by atoms with van der Waals surface area (Å²) in [6.07, 6.45) is 0.551. The van der Waals surface area contributed by atoms with Crippen LogP contribution in [0.4, 0.5) is 4.39 Å². The SMILES string of the molecule is Cc1nnsc1C(Cc1ccc(Cl)c(F)c1)NN. The Labute approximate surface area is 113 Å². The molecule has 0 aliphatic heterocycles. The van der Waals surface area contributed by atoms with Gasteiger partial charge in [-0.2, -0.15) is 0 Å². The van der Waals surface area contributed by atoms with Crippen LogP contribution in [0.3, 0.4) is 0 Å². The highest BCUT2D eigenvalue weighted by atomic mass is 35.5. The highest BCUT2D eigenvalue weighted by Crippen LogP contribution is 2.24. The molecular weight excluding hydrogens is 275 g/mol. The molecule has 3 N–H and O–H groups in total. The topological polar surface area (TPSA) is 63.8 Å². The fourth-order valence-corrected chi connectivity index (χ4v) is 2.51. The molecule has 0 amide bonds. The molecule has 7 heteroatoms. The fraction of sp³-hybridized carbons (Fsp3) is 0.273. The van der Waals surface area contributed by atoms with E-state index in [4.69, 9.17) is 17.4 Å². The lowest BCUT2D eigenvalue weighted by molar-refractivity contribution is 0.553. The lowest BCUT2D eigenvalue weighted by Crippen LogP contribution is -2.29. The molecule has 1 aromatic heterocycles. The third kappa shape index (κ3) is 2.84. The van der Waals surface area contributed by atoms with E-state index in [2.05, 4.69) is 15.0 Å². The molecule has 0 saturated heterocycles.